The summed E-state index contributed by atoms with van der Waals surface area (Å²) in [5, 5.41) is 20.7. The van der Waals surface area contributed by atoms with E-state index in [0.717, 1.165) is 13.1 Å². The molecule has 1 heterocycles. The first-order chi connectivity index (χ1) is 8.99. The summed E-state index contributed by atoms with van der Waals surface area (Å²) in [6.45, 7) is 6.99. The van der Waals surface area contributed by atoms with Crippen LogP contribution >= 0.6 is 0 Å². The molecule has 1 fully saturated rings. The maximum Gasteiger partial charge on any atom is 0.236 e. The third-order valence-electron chi connectivity index (χ3n) is 3.93. The lowest BCUT2D eigenvalue weighted by Gasteiger charge is -2.38. The first-order valence-corrected chi connectivity index (χ1v) is 6.60. The van der Waals surface area contributed by atoms with Gasteiger partial charge in [-0.2, -0.15) is 0 Å². The Morgan fingerprint density at radius 2 is 1.95 bits per heavy atom. The standard InChI is InChI=1S/C12H24N4O3/c1-3-12(2,10(13)14-19)11(18)16-6-4-15(5-7-16)8-9-17/h17,19H,3-9H2,1-2H3,(H2,13,14). The number of hydrogen-bond donors (Lipinski definition) is 3. The molecule has 1 amide bonds. The largest absolute Gasteiger partial charge is 0.409 e. The van der Waals surface area contributed by atoms with Crippen molar-refractivity contribution in [2.24, 2.45) is 16.3 Å². The molecule has 7 nitrogen and oxygen atoms in total. The molecule has 1 atom stereocenters. The van der Waals surface area contributed by atoms with Crippen molar-refractivity contribution in [1.82, 2.24) is 9.80 Å². The van der Waals surface area contributed by atoms with Gasteiger partial charge in [-0.1, -0.05) is 12.1 Å². The summed E-state index contributed by atoms with van der Waals surface area (Å²) in [7, 11) is 0. The average Bonchev–Trinajstić information content (AvgIpc) is 2.46. The molecule has 4 N–H and O–H groups in total. The zero-order chi connectivity index (χ0) is 14.5. The third kappa shape index (κ3) is 3.36. The summed E-state index contributed by atoms with van der Waals surface area (Å²) >= 11 is 0. The third-order valence-corrected chi connectivity index (χ3v) is 3.93. The molecule has 0 radical (unpaired) electrons. The molecule has 1 saturated heterocycles. The quantitative estimate of drug-likeness (QED) is 0.265. The summed E-state index contributed by atoms with van der Waals surface area (Å²) in [5.74, 6) is -0.147. The number of carbonyl (C=O) groups is 1. The second-order valence-electron chi connectivity index (χ2n) is 5.03. The lowest BCUT2D eigenvalue weighted by atomic mass is 9.84. The van der Waals surface area contributed by atoms with Crippen molar-refractivity contribution in [2.45, 2.75) is 20.3 Å². The van der Waals surface area contributed by atoms with Gasteiger partial charge in [0.1, 0.15) is 5.41 Å². The van der Waals surface area contributed by atoms with Gasteiger partial charge in [0.05, 0.1) is 6.61 Å². The molecule has 7 heteroatoms. The first kappa shape index (κ1) is 15.7. The molecule has 0 saturated carbocycles. The second kappa shape index (κ2) is 6.72. The fraction of sp³-hybridized carbons (Fsp3) is 0.833. The summed E-state index contributed by atoms with van der Waals surface area (Å²) in [5.41, 5.74) is 4.70. The molecule has 0 bridgehead atoms. The van der Waals surface area contributed by atoms with Gasteiger partial charge in [0.15, 0.2) is 5.84 Å². The van der Waals surface area contributed by atoms with Crippen molar-refractivity contribution in [1.29, 1.82) is 0 Å². The van der Waals surface area contributed by atoms with Gasteiger partial charge < -0.3 is 20.9 Å². The van der Waals surface area contributed by atoms with Gasteiger partial charge >= 0.3 is 0 Å². The van der Waals surface area contributed by atoms with E-state index < -0.39 is 5.41 Å². The maximum absolute atomic E-state index is 12.5. The number of aliphatic hydroxyl groups excluding tert-OH is 1. The van der Waals surface area contributed by atoms with Gasteiger partial charge in [-0.15, -0.1) is 0 Å². The van der Waals surface area contributed by atoms with E-state index >= 15 is 0 Å². The van der Waals surface area contributed by atoms with E-state index in [1.54, 1.807) is 11.8 Å². The second-order valence-corrected chi connectivity index (χ2v) is 5.03. The van der Waals surface area contributed by atoms with Crippen LogP contribution in [0, 0.1) is 5.41 Å². The SMILES string of the molecule is CCC(C)(C(=O)N1CCN(CCO)CC1)C(N)=NO. The van der Waals surface area contributed by atoms with Crippen LogP contribution in [0.15, 0.2) is 5.16 Å². The molecule has 1 aliphatic heterocycles. The number of rotatable bonds is 5. The van der Waals surface area contributed by atoms with Crippen LogP contribution in [0.4, 0.5) is 0 Å². The van der Waals surface area contributed by atoms with Crippen LogP contribution < -0.4 is 5.73 Å². The number of oxime groups is 1. The fourth-order valence-corrected chi connectivity index (χ4v) is 2.22. The zero-order valence-electron chi connectivity index (χ0n) is 11.7. The Morgan fingerprint density at radius 3 is 2.37 bits per heavy atom. The number of β-amino-alcohol motifs (C(OH)–C–C–N with tert-alkyl or cyclic N) is 1. The number of aliphatic hydroxyl groups is 1. The zero-order valence-corrected chi connectivity index (χ0v) is 11.7. The molecule has 0 aliphatic carbocycles. The van der Waals surface area contributed by atoms with E-state index in [4.69, 9.17) is 16.0 Å². The van der Waals surface area contributed by atoms with Crippen molar-refractivity contribution >= 4 is 11.7 Å². The van der Waals surface area contributed by atoms with Crippen molar-refractivity contribution in [3.05, 3.63) is 0 Å². The molecular weight excluding hydrogens is 248 g/mol. The van der Waals surface area contributed by atoms with E-state index in [0.29, 0.717) is 26.1 Å². The van der Waals surface area contributed by atoms with Crippen molar-refractivity contribution in [3.8, 4) is 0 Å². The van der Waals surface area contributed by atoms with Crippen LogP contribution in [0.25, 0.3) is 0 Å². The highest BCUT2D eigenvalue weighted by molar-refractivity contribution is 6.06. The minimum atomic E-state index is -0.950. The summed E-state index contributed by atoms with van der Waals surface area (Å²) in [4.78, 5) is 16.4. The number of amides is 1. The Labute approximate surface area is 113 Å². The first-order valence-electron chi connectivity index (χ1n) is 6.60. The van der Waals surface area contributed by atoms with E-state index in [1.807, 2.05) is 6.92 Å². The van der Waals surface area contributed by atoms with Gasteiger partial charge in [0, 0.05) is 32.7 Å². The predicted molar refractivity (Wildman–Crippen MR) is 71.9 cm³/mol. The predicted octanol–water partition coefficient (Wildman–Crippen LogP) is -0.714. The fourth-order valence-electron chi connectivity index (χ4n) is 2.22. The number of hydrogen-bond acceptors (Lipinski definition) is 5. The molecule has 0 aromatic rings. The van der Waals surface area contributed by atoms with Gasteiger partial charge in [-0.25, -0.2) is 0 Å². The van der Waals surface area contributed by atoms with Gasteiger partial charge in [0.2, 0.25) is 5.91 Å². The highest BCUT2D eigenvalue weighted by Crippen LogP contribution is 2.25. The van der Waals surface area contributed by atoms with Gasteiger partial charge in [-0.05, 0) is 13.3 Å². The number of nitrogens with zero attached hydrogens (tertiary/aromatic N) is 3. The van der Waals surface area contributed by atoms with Crippen LogP contribution in [0.2, 0.25) is 0 Å². The van der Waals surface area contributed by atoms with Crippen LogP contribution in [0.3, 0.4) is 0 Å². The molecule has 19 heavy (non-hydrogen) atoms. The monoisotopic (exact) mass is 272 g/mol. The van der Waals surface area contributed by atoms with Gasteiger partial charge in [-0.3, -0.25) is 9.69 Å². The topological polar surface area (TPSA) is 102 Å². The van der Waals surface area contributed by atoms with Crippen LogP contribution in [-0.2, 0) is 4.79 Å². The highest BCUT2D eigenvalue weighted by atomic mass is 16.4. The Morgan fingerprint density at radius 1 is 1.37 bits per heavy atom. The van der Waals surface area contributed by atoms with Crippen LogP contribution in [-0.4, -0.2) is 71.2 Å². The Bertz CT molecular complexity index is 340. The average molecular weight is 272 g/mol. The molecule has 1 rings (SSSR count). The summed E-state index contributed by atoms with van der Waals surface area (Å²) in [6.07, 6.45) is 0.485. The Hall–Kier alpha value is -1.34. The lowest BCUT2D eigenvalue weighted by Crippen LogP contribution is -2.55. The number of nitrogens with two attached hydrogens (primary N) is 1. The summed E-state index contributed by atoms with van der Waals surface area (Å²) < 4.78 is 0. The van der Waals surface area contributed by atoms with E-state index in [1.165, 1.54) is 0 Å². The molecule has 0 spiro atoms. The summed E-state index contributed by atoms with van der Waals surface area (Å²) in [6, 6.07) is 0. The highest BCUT2D eigenvalue weighted by Gasteiger charge is 2.40. The molecule has 1 aliphatic rings. The van der Waals surface area contributed by atoms with Crippen molar-refractivity contribution < 1.29 is 15.1 Å². The number of carbonyl (C=O) groups excluding carboxylic acids is 1. The minimum absolute atomic E-state index is 0.0437. The van der Waals surface area contributed by atoms with Gasteiger partial charge in [0.25, 0.3) is 0 Å². The Kier molecular flexibility index (Phi) is 5.56. The normalized spacial score (nSPS) is 21.2. The number of amidine groups is 1. The van der Waals surface area contributed by atoms with E-state index in [9.17, 15) is 4.79 Å². The molecule has 0 aromatic carbocycles. The Balaban J connectivity index is 2.68. The smallest absolute Gasteiger partial charge is 0.236 e. The lowest BCUT2D eigenvalue weighted by molar-refractivity contribution is -0.139. The van der Waals surface area contributed by atoms with E-state index in [-0.39, 0.29) is 18.3 Å². The van der Waals surface area contributed by atoms with Crippen LogP contribution in [0.1, 0.15) is 20.3 Å². The van der Waals surface area contributed by atoms with Crippen LogP contribution in [0.5, 0.6) is 0 Å². The molecule has 110 valence electrons. The van der Waals surface area contributed by atoms with Crippen molar-refractivity contribution in [3.63, 3.8) is 0 Å². The number of piperazine rings is 1. The van der Waals surface area contributed by atoms with Crippen molar-refractivity contribution in [2.75, 3.05) is 39.3 Å². The minimum Gasteiger partial charge on any atom is -0.409 e. The maximum atomic E-state index is 12.5. The molecular formula is C12H24N4O3. The molecule has 1 unspecified atom stereocenters. The molecule has 0 aromatic heterocycles. The van der Waals surface area contributed by atoms with E-state index in [2.05, 4.69) is 10.1 Å².